The van der Waals surface area contributed by atoms with Gasteiger partial charge in [-0.15, -0.1) is 0 Å². The minimum absolute atomic E-state index is 0.0952. The van der Waals surface area contributed by atoms with E-state index in [0.717, 1.165) is 5.56 Å². The van der Waals surface area contributed by atoms with Gasteiger partial charge in [-0.25, -0.2) is 23.2 Å². The van der Waals surface area contributed by atoms with Gasteiger partial charge in [-0.05, 0) is 18.2 Å². The van der Waals surface area contributed by atoms with Crippen LogP contribution >= 0.6 is 0 Å². The molecule has 2 aromatic heterocycles. The Morgan fingerprint density at radius 3 is 2.95 bits per heavy atom. The summed E-state index contributed by atoms with van der Waals surface area (Å²) in [6.45, 7) is 0.443. The zero-order chi connectivity index (χ0) is 15.3. The summed E-state index contributed by atoms with van der Waals surface area (Å²) in [5.74, 6) is -0.617. The third kappa shape index (κ3) is 1.94. The molecule has 0 bridgehead atoms. The molecule has 0 saturated heterocycles. The van der Waals surface area contributed by atoms with E-state index in [0.29, 0.717) is 16.8 Å². The van der Waals surface area contributed by atoms with Crippen LogP contribution in [0.4, 0.5) is 0 Å². The van der Waals surface area contributed by atoms with Crippen molar-refractivity contribution in [3.8, 4) is 0 Å². The fourth-order valence-corrected chi connectivity index (χ4v) is 3.89. The molecule has 4 rings (SSSR count). The highest BCUT2D eigenvalue weighted by molar-refractivity contribution is 7.89. The topological polar surface area (TPSA) is 109 Å². The van der Waals surface area contributed by atoms with Gasteiger partial charge in [0, 0.05) is 18.3 Å². The molecule has 0 unspecified atom stereocenters. The molecule has 0 atom stereocenters. The highest BCUT2D eigenvalue weighted by atomic mass is 32.2. The Morgan fingerprint density at radius 2 is 2.14 bits per heavy atom. The number of hydrogen-bond donors (Lipinski definition) is 1. The van der Waals surface area contributed by atoms with Gasteiger partial charge < -0.3 is 4.42 Å². The van der Waals surface area contributed by atoms with Crippen molar-refractivity contribution < 1.29 is 12.8 Å². The number of sulfonamides is 1. The molecule has 8 nitrogen and oxygen atoms in total. The van der Waals surface area contributed by atoms with Crippen LogP contribution in [0.2, 0.25) is 0 Å². The Bertz CT molecular complexity index is 1010. The van der Waals surface area contributed by atoms with E-state index in [1.165, 1.54) is 28.8 Å². The van der Waals surface area contributed by atoms with Crippen LogP contribution < -0.4 is 5.76 Å². The maximum absolute atomic E-state index is 12.7. The van der Waals surface area contributed by atoms with Gasteiger partial charge in [0.1, 0.15) is 6.33 Å². The Hall–Kier alpha value is -2.52. The molecule has 1 N–H and O–H groups in total. The van der Waals surface area contributed by atoms with Gasteiger partial charge >= 0.3 is 5.76 Å². The van der Waals surface area contributed by atoms with Crippen LogP contribution in [0.1, 0.15) is 11.3 Å². The van der Waals surface area contributed by atoms with Gasteiger partial charge in [-0.1, -0.05) is 0 Å². The molecule has 112 valence electrons. The predicted octanol–water partition coefficient (Wildman–Crippen LogP) is 0.616. The van der Waals surface area contributed by atoms with Gasteiger partial charge in [0.05, 0.1) is 22.7 Å². The number of aromatic amines is 1. The van der Waals surface area contributed by atoms with Crippen LogP contribution in [0.15, 0.2) is 44.8 Å². The highest BCUT2D eigenvalue weighted by Gasteiger charge is 2.31. The van der Waals surface area contributed by atoms with E-state index in [1.807, 2.05) is 0 Å². The van der Waals surface area contributed by atoms with Crippen molar-refractivity contribution in [1.82, 2.24) is 19.3 Å². The van der Waals surface area contributed by atoms with E-state index in [9.17, 15) is 13.2 Å². The van der Waals surface area contributed by atoms with Crippen LogP contribution in [-0.2, 0) is 23.1 Å². The number of benzene rings is 1. The Balaban J connectivity index is 1.75. The van der Waals surface area contributed by atoms with Crippen molar-refractivity contribution in [2.45, 2.75) is 18.0 Å². The van der Waals surface area contributed by atoms with Gasteiger partial charge in [-0.2, -0.15) is 4.31 Å². The number of rotatable bonds is 2. The number of aromatic nitrogens is 3. The molecule has 22 heavy (non-hydrogen) atoms. The first-order chi connectivity index (χ1) is 10.5. The number of hydrogen-bond acceptors (Lipinski definition) is 6. The van der Waals surface area contributed by atoms with Crippen LogP contribution in [0, 0.1) is 0 Å². The molecule has 3 heterocycles. The summed E-state index contributed by atoms with van der Waals surface area (Å²) < 4.78 is 31.6. The van der Waals surface area contributed by atoms with Gasteiger partial charge in [0.25, 0.3) is 0 Å². The third-order valence-electron chi connectivity index (χ3n) is 3.58. The second kappa shape index (κ2) is 4.49. The Kier molecular flexibility index (Phi) is 2.68. The molecule has 0 fully saturated rings. The van der Waals surface area contributed by atoms with Crippen molar-refractivity contribution in [3.63, 3.8) is 0 Å². The first kappa shape index (κ1) is 13.2. The van der Waals surface area contributed by atoms with E-state index in [1.54, 1.807) is 6.20 Å². The van der Waals surface area contributed by atoms with Crippen LogP contribution in [0.3, 0.4) is 0 Å². The van der Waals surface area contributed by atoms with Crippen molar-refractivity contribution >= 4 is 21.1 Å². The fraction of sp³-hybridized carbons (Fsp3) is 0.154. The number of fused-ring (bicyclic) bond motifs is 2. The van der Waals surface area contributed by atoms with E-state index >= 15 is 0 Å². The summed E-state index contributed by atoms with van der Waals surface area (Å²) in [6.07, 6.45) is 3.02. The third-order valence-corrected chi connectivity index (χ3v) is 5.37. The first-order valence-corrected chi connectivity index (χ1v) is 7.89. The molecule has 0 saturated carbocycles. The SMILES string of the molecule is O=c1[nH]c2cc(S(=O)(=O)N3Cc4cncnc4C3)ccc2o1. The van der Waals surface area contributed by atoms with E-state index < -0.39 is 15.8 Å². The normalized spacial score (nSPS) is 15.3. The molecule has 1 aliphatic rings. The number of oxazole rings is 1. The van der Waals surface area contributed by atoms with Crippen LogP contribution in [0.25, 0.3) is 11.1 Å². The summed E-state index contributed by atoms with van der Waals surface area (Å²) in [5, 5.41) is 0. The average molecular weight is 318 g/mol. The second-order valence-corrected chi connectivity index (χ2v) is 6.88. The molecule has 1 aliphatic heterocycles. The zero-order valence-corrected chi connectivity index (χ0v) is 12.0. The van der Waals surface area contributed by atoms with E-state index in [4.69, 9.17) is 4.42 Å². The van der Waals surface area contributed by atoms with Crippen molar-refractivity contribution in [3.05, 3.63) is 52.5 Å². The summed E-state index contributed by atoms with van der Waals surface area (Å²) in [4.78, 5) is 21.7. The summed E-state index contributed by atoms with van der Waals surface area (Å²) in [6, 6.07) is 4.27. The molecule has 0 spiro atoms. The lowest BCUT2D eigenvalue weighted by Crippen LogP contribution is -2.25. The largest absolute Gasteiger partial charge is 0.417 e. The maximum Gasteiger partial charge on any atom is 0.417 e. The number of H-pyrrole nitrogens is 1. The molecule has 1 aromatic carbocycles. The summed E-state index contributed by atoms with van der Waals surface area (Å²) in [7, 11) is -3.69. The highest BCUT2D eigenvalue weighted by Crippen LogP contribution is 2.27. The predicted molar refractivity (Wildman–Crippen MR) is 75.3 cm³/mol. The molecule has 0 amide bonds. The lowest BCUT2D eigenvalue weighted by molar-refractivity contribution is 0.430. The monoisotopic (exact) mass is 318 g/mol. The minimum Gasteiger partial charge on any atom is -0.408 e. The van der Waals surface area contributed by atoms with Gasteiger partial charge in [0.15, 0.2) is 5.58 Å². The van der Waals surface area contributed by atoms with Crippen LogP contribution in [-0.4, -0.2) is 27.7 Å². The van der Waals surface area contributed by atoms with Crippen molar-refractivity contribution in [2.75, 3.05) is 0 Å². The zero-order valence-electron chi connectivity index (χ0n) is 11.2. The Labute approximate surface area is 124 Å². The van der Waals surface area contributed by atoms with E-state index in [-0.39, 0.29) is 18.0 Å². The average Bonchev–Trinajstić information content (AvgIpc) is 3.08. The molecular formula is C13H10N4O4S. The standard InChI is InChI=1S/C13H10N4O4S/c18-13-16-10-3-9(1-2-12(10)21-13)22(19,20)17-5-8-4-14-7-15-11(8)6-17/h1-4,7H,5-6H2,(H,16,18). The number of nitrogens with zero attached hydrogens (tertiary/aromatic N) is 3. The summed E-state index contributed by atoms with van der Waals surface area (Å²) >= 11 is 0. The summed E-state index contributed by atoms with van der Waals surface area (Å²) in [5.41, 5.74) is 2.17. The quantitative estimate of drug-likeness (QED) is 0.741. The molecule has 0 aliphatic carbocycles. The van der Waals surface area contributed by atoms with Gasteiger partial charge in [-0.3, -0.25) is 4.98 Å². The number of nitrogens with one attached hydrogen (secondary N) is 1. The van der Waals surface area contributed by atoms with Crippen LogP contribution in [0.5, 0.6) is 0 Å². The second-order valence-electron chi connectivity index (χ2n) is 4.94. The van der Waals surface area contributed by atoms with Gasteiger partial charge in [0.2, 0.25) is 10.0 Å². The van der Waals surface area contributed by atoms with E-state index in [2.05, 4.69) is 15.0 Å². The fourth-order valence-electron chi connectivity index (χ4n) is 2.48. The lowest BCUT2D eigenvalue weighted by atomic mass is 10.3. The smallest absolute Gasteiger partial charge is 0.408 e. The molecule has 3 aromatic rings. The van der Waals surface area contributed by atoms with Crippen molar-refractivity contribution in [1.29, 1.82) is 0 Å². The lowest BCUT2D eigenvalue weighted by Gasteiger charge is -2.15. The minimum atomic E-state index is -3.69. The van der Waals surface area contributed by atoms with Crippen molar-refractivity contribution in [2.24, 2.45) is 0 Å². The molecule has 9 heteroatoms. The maximum atomic E-state index is 12.7. The first-order valence-electron chi connectivity index (χ1n) is 6.45. The molecule has 0 radical (unpaired) electrons. The molecular weight excluding hydrogens is 308 g/mol. The Morgan fingerprint density at radius 1 is 1.27 bits per heavy atom.